The molecule has 0 amide bonds. The SMILES string of the molecule is Oc1ccc2c3c1OC1[C@H](O)CC[C@](O)([C@@H](NCC4CC4)C2)C31[CH2][Tl]. The van der Waals surface area contributed by atoms with E-state index in [0.717, 1.165) is 34.0 Å². The molecule has 1 heterocycles. The Labute approximate surface area is 163 Å². The summed E-state index contributed by atoms with van der Waals surface area (Å²) in [5.41, 5.74) is 0.624. The van der Waals surface area contributed by atoms with E-state index in [1.54, 1.807) is 6.07 Å². The van der Waals surface area contributed by atoms with E-state index in [9.17, 15) is 15.3 Å². The van der Waals surface area contributed by atoms with Gasteiger partial charge < -0.3 is 0 Å². The Morgan fingerprint density at radius 3 is 2.80 bits per heavy atom. The van der Waals surface area contributed by atoms with Gasteiger partial charge in [0.1, 0.15) is 0 Å². The molecule has 1 aliphatic heterocycles. The van der Waals surface area contributed by atoms with Gasteiger partial charge in [0.15, 0.2) is 0 Å². The van der Waals surface area contributed by atoms with Crippen LogP contribution in [-0.2, 0) is 11.8 Å². The van der Waals surface area contributed by atoms with E-state index < -0.39 is 23.2 Å². The summed E-state index contributed by atoms with van der Waals surface area (Å²) in [5.74, 6) is 1.38. The fraction of sp³-hybridized carbons (Fsp3) is 0.684. The molecule has 0 saturated heterocycles. The molecule has 2 saturated carbocycles. The minimum atomic E-state index is -0.924. The molecule has 3 aliphatic carbocycles. The third-order valence-electron chi connectivity index (χ3n) is 7.02. The van der Waals surface area contributed by atoms with Gasteiger partial charge in [-0.3, -0.25) is 0 Å². The number of nitrogens with one attached hydrogen (secondary N) is 1. The number of phenols is 1. The maximum atomic E-state index is 12.0. The third-order valence-corrected chi connectivity index (χ3v) is 9.52. The van der Waals surface area contributed by atoms with E-state index in [4.69, 9.17) is 4.74 Å². The second-order valence-electron chi connectivity index (χ2n) is 8.30. The Hall–Kier alpha value is -0.378. The molecule has 0 aromatic heterocycles. The molecule has 132 valence electrons. The van der Waals surface area contributed by atoms with E-state index in [2.05, 4.69) is 5.32 Å². The molecule has 0 bridgehead atoms. The molecule has 6 heteroatoms. The van der Waals surface area contributed by atoms with Gasteiger partial charge in [0, 0.05) is 0 Å². The van der Waals surface area contributed by atoms with E-state index in [1.165, 1.54) is 12.8 Å². The van der Waals surface area contributed by atoms with Crippen molar-refractivity contribution >= 4 is 25.8 Å². The first-order chi connectivity index (χ1) is 12.0. The molecule has 0 radical (unpaired) electrons. The Morgan fingerprint density at radius 2 is 2.08 bits per heavy atom. The van der Waals surface area contributed by atoms with Crippen molar-refractivity contribution in [3.8, 4) is 11.5 Å². The second-order valence-corrected chi connectivity index (χ2v) is 9.89. The van der Waals surface area contributed by atoms with Crippen LogP contribution >= 0.6 is 0 Å². The average molecular weight is 535 g/mol. The fourth-order valence-electron chi connectivity index (χ4n) is 5.51. The number of hydrogen-bond acceptors (Lipinski definition) is 5. The molecule has 0 spiro atoms. The summed E-state index contributed by atoms with van der Waals surface area (Å²) < 4.78 is 6.97. The molecule has 4 N–H and O–H groups in total. The van der Waals surface area contributed by atoms with Crippen molar-refractivity contribution in [1.82, 2.24) is 5.32 Å². The molecule has 1 aromatic rings. The average Bonchev–Trinajstić information content (AvgIpc) is 3.35. The standard InChI is InChI=1S/C19H24NO4.Tl/c1-18-15-11-4-5-12(21)16(15)24-17(18)13(22)6-7-19(18,23)14(8-11)20-9-10-2-3-10;/h4-5,10,13-14,17,20-23H,1-3,6-9H2;/t13-,14+,17?,18?,19+;/m1./s1. The summed E-state index contributed by atoms with van der Waals surface area (Å²) in [5, 5.41) is 36.7. The topological polar surface area (TPSA) is 82.0 Å². The molecule has 5 nitrogen and oxygen atoms in total. The van der Waals surface area contributed by atoms with Crippen LogP contribution in [0.25, 0.3) is 0 Å². The first-order valence-corrected chi connectivity index (χ1v) is 12.5. The van der Waals surface area contributed by atoms with Crippen LogP contribution in [0.2, 0.25) is 3.98 Å². The summed E-state index contributed by atoms with van der Waals surface area (Å²) in [6, 6.07) is 3.66. The Kier molecular flexibility index (Phi) is 3.73. The van der Waals surface area contributed by atoms with Gasteiger partial charge in [0.2, 0.25) is 0 Å². The van der Waals surface area contributed by atoms with E-state index in [1.807, 2.05) is 6.07 Å². The van der Waals surface area contributed by atoms with E-state index >= 15 is 0 Å². The van der Waals surface area contributed by atoms with Gasteiger partial charge in [-0.25, -0.2) is 0 Å². The first kappa shape index (κ1) is 16.8. The quantitative estimate of drug-likeness (QED) is 0.430. The number of benzene rings is 1. The van der Waals surface area contributed by atoms with Crippen molar-refractivity contribution in [2.75, 3.05) is 6.54 Å². The van der Waals surface area contributed by atoms with Crippen molar-refractivity contribution in [3.05, 3.63) is 23.3 Å². The van der Waals surface area contributed by atoms with Crippen molar-refractivity contribution in [2.24, 2.45) is 5.92 Å². The molecule has 5 atom stereocenters. The second kappa shape index (κ2) is 5.56. The van der Waals surface area contributed by atoms with Gasteiger partial charge in [-0.15, -0.1) is 0 Å². The van der Waals surface area contributed by atoms with Crippen LogP contribution < -0.4 is 10.1 Å². The number of hydrogen-bond donors (Lipinski definition) is 4. The molecule has 5 rings (SSSR count). The Balaban J connectivity index is 1.68. The van der Waals surface area contributed by atoms with Crippen LogP contribution in [0, 0.1) is 5.92 Å². The summed E-state index contributed by atoms with van der Waals surface area (Å²) in [6.07, 6.45) is 3.39. The summed E-state index contributed by atoms with van der Waals surface area (Å²) >= 11 is 0.663. The first-order valence-electron chi connectivity index (χ1n) is 9.37. The predicted molar refractivity (Wildman–Crippen MR) is 93.2 cm³/mol. The molecule has 2 fully saturated rings. The van der Waals surface area contributed by atoms with Crippen LogP contribution in [0.4, 0.5) is 0 Å². The zero-order chi connectivity index (χ0) is 17.4. The van der Waals surface area contributed by atoms with Crippen molar-refractivity contribution in [2.45, 2.75) is 65.3 Å². The van der Waals surface area contributed by atoms with Gasteiger partial charge in [-0.2, -0.15) is 0 Å². The van der Waals surface area contributed by atoms with Crippen LogP contribution in [0.5, 0.6) is 11.5 Å². The predicted octanol–water partition coefficient (Wildman–Crippen LogP) is 0.788. The molecule has 1 aromatic carbocycles. The van der Waals surface area contributed by atoms with E-state index in [0.29, 0.717) is 44.4 Å². The van der Waals surface area contributed by atoms with Gasteiger partial charge in [-0.1, -0.05) is 0 Å². The number of aliphatic hydroxyl groups is 2. The zero-order valence-electron chi connectivity index (χ0n) is 14.2. The summed E-state index contributed by atoms with van der Waals surface area (Å²) in [6.45, 7) is 0.959. The Bertz CT molecular complexity index is 724. The fourth-order valence-corrected chi connectivity index (χ4v) is 8.58. The minimum absolute atomic E-state index is 0.0200. The van der Waals surface area contributed by atoms with Crippen molar-refractivity contribution in [3.63, 3.8) is 0 Å². The van der Waals surface area contributed by atoms with Gasteiger partial charge in [0.05, 0.1) is 0 Å². The molecule has 2 unspecified atom stereocenters. The number of aliphatic hydroxyl groups excluding tert-OH is 1. The monoisotopic (exact) mass is 535 g/mol. The Morgan fingerprint density at radius 1 is 1.28 bits per heavy atom. The summed E-state index contributed by atoms with van der Waals surface area (Å²) in [7, 11) is 0. The van der Waals surface area contributed by atoms with Crippen LogP contribution in [0.3, 0.4) is 0 Å². The van der Waals surface area contributed by atoms with Crippen LogP contribution in [-0.4, -0.2) is 71.5 Å². The van der Waals surface area contributed by atoms with Gasteiger partial charge >= 0.3 is 164 Å². The van der Waals surface area contributed by atoms with Crippen LogP contribution in [0.15, 0.2) is 12.1 Å². The molecular formula is C19H24NO4Tl. The van der Waals surface area contributed by atoms with Crippen molar-refractivity contribution in [1.29, 1.82) is 0 Å². The van der Waals surface area contributed by atoms with Gasteiger partial charge in [0.25, 0.3) is 0 Å². The number of phenolic OH excluding ortho intramolecular Hbond substituents is 1. The van der Waals surface area contributed by atoms with E-state index in [-0.39, 0.29) is 11.8 Å². The number of rotatable bonds is 4. The molecular weight excluding hydrogens is 511 g/mol. The normalized spacial score (nSPS) is 41.2. The van der Waals surface area contributed by atoms with Crippen molar-refractivity contribution < 1.29 is 20.1 Å². The molecule has 4 aliphatic rings. The number of ether oxygens (including phenoxy) is 1. The van der Waals surface area contributed by atoms with Crippen LogP contribution in [0.1, 0.15) is 36.8 Å². The number of aromatic hydroxyl groups is 1. The zero-order valence-corrected chi connectivity index (χ0v) is 18.7. The molecule has 25 heavy (non-hydrogen) atoms. The maximum absolute atomic E-state index is 12.0. The third kappa shape index (κ3) is 2.09. The van der Waals surface area contributed by atoms with Gasteiger partial charge in [-0.05, 0) is 0 Å². The summed E-state index contributed by atoms with van der Waals surface area (Å²) in [4.78, 5) is 0.